The van der Waals surface area contributed by atoms with Crippen LogP contribution in [0.3, 0.4) is 0 Å². The molecule has 0 unspecified atom stereocenters. The lowest BCUT2D eigenvalue weighted by Gasteiger charge is -2.24. The Hall–Kier alpha value is -1.23. The van der Waals surface area contributed by atoms with Crippen LogP contribution in [0.5, 0.6) is 0 Å². The van der Waals surface area contributed by atoms with Gasteiger partial charge in [0, 0.05) is 18.8 Å². The zero-order chi connectivity index (χ0) is 10.3. The van der Waals surface area contributed by atoms with E-state index in [1.165, 1.54) is 0 Å². The van der Waals surface area contributed by atoms with Crippen molar-refractivity contribution in [3.05, 3.63) is 24.4 Å². The molecule has 0 aromatic carbocycles. The van der Waals surface area contributed by atoms with Crippen molar-refractivity contribution >= 4 is 0 Å². The third-order valence-corrected chi connectivity index (χ3v) is 1.84. The summed E-state index contributed by atoms with van der Waals surface area (Å²) >= 11 is 0. The Balaban J connectivity index is 4.27. The van der Waals surface area contributed by atoms with Crippen LogP contribution in [0.15, 0.2) is 24.4 Å². The topological polar surface area (TPSA) is 27.0 Å². The van der Waals surface area contributed by atoms with Crippen molar-refractivity contribution in [1.29, 1.82) is 5.26 Å². The van der Waals surface area contributed by atoms with Crippen LogP contribution in [-0.2, 0) is 0 Å². The van der Waals surface area contributed by atoms with Crippen molar-refractivity contribution in [2.24, 2.45) is 0 Å². The van der Waals surface area contributed by atoms with Gasteiger partial charge in [0.25, 0.3) is 0 Å². The summed E-state index contributed by atoms with van der Waals surface area (Å²) in [5.74, 6) is 0. The molecule has 2 heteroatoms. The molecule has 13 heavy (non-hydrogen) atoms. The summed E-state index contributed by atoms with van der Waals surface area (Å²) in [4.78, 5) is 2.15. The van der Waals surface area contributed by atoms with Gasteiger partial charge in [-0.15, -0.1) is 0 Å². The first-order valence-corrected chi connectivity index (χ1v) is 4.55. The lowest BCUT2D eigenvalue weighted by atomic mass is 10.2. The molecule has 0 heterocycles. The highest BCUT2D eigenvalue weighted by Gasteiger charge is 2.03. The van der Waals surface area contributed by atoms with E-state index in [4.69, 9.17) is 5.26 Å². The molecular weight excluding hydrogens is 160 g/mol. The van der Waals surface area contributed by atoms with E-state index in [9.17, 15) is 0 Å². The van der Waals surface area contributed by atoms with Crippen LogP contribution in [-0.4, -0.2) is 17.5 Å². The third kappa shape index (κ3) is 5.08. The second kappa shape index (κ2) is 6.30. The number of hydrogen-bond donors (Lipinski definition) is 0. The van der Waals surface area contributed by atoms with E-state index in [0.29, 0.717) is 12.5 Å². The second-order valence-corrected chi connectivity index (χ2v) is 3.32. The molecule has 0 saturated heterocycles. The molecule has 0 aliphatic heterocycles. The van der Waals surface area contributed by atoms with Gasteiger partial charge in [-0.25, -0.2) is 0 Å². The fourth-order valence-electron chi connectivity index (χ4n) is 0.965. The maximum atomic E-state index is 8.47. The van der Waals surface area contributed by atoms with Gasteiger partial charge in [-0.1, -0.05) is 12.7 Å². The van der Waals surface area contributed by atoms with Crippen molar-refractivity contribution in [2.45, 2.75) is 33.2 Å². The number of nitrogens with zero attached hydrogens (tertiary/aromatic N) is 2. The number of nitriles is 1. The summed E-state index contributed by atoms with van der Waals surface area (Å²) < 4.78 is 0. The van der Waals surface area contributed by atoms with Crippen LogP contribution >= 0.6 is 0 Å². The highest BCUT2D eigenvalue weighted by atomic mass is 15.1. The highest BCUT2D eigenvalue weighted by Crippen LogP contribution is 2.04. The molecule has 0 fully saturated rings. The van der Waals surface area contributed by atoms with Gasteiger partial charge in [-0.2, -0.15) is 5.26 Å². The predicted octanol–water partition coefficient (Wildman–Crippen LogP) is 2.70. The van der Waals surface area contributed by atoms with Gasteiger partial charge in [-0.05, 0) is 26.3 Å². The number of rotatable bonds is 5. The Morgan fingerprint density at radius 2 is 2.23 bits per heavy atom. The first kappa shape index (κ1) is 11.8. The monoisotopic (exact) mass is 178 g/mol. The zero-order valence-corrected chi connectivity index (χ0v) is 8.75. The van der Waals surface area contributed by atoms with Crippen molar-refractivity contribution in [2.75, 3.05) is 6.54 Å². The molecule has 0 bridgehead atoms. The van der Waals surface area contributed by atoms with Gasteiger partial charge < -0.3 is 4.90 Å². The summed E-state index contributed by atoms with van der Waals surface area (Å²) in [6, 6.07) is 2.58. The van der Waals surface area contributed by atoms with Crippen LogP contribution in [0.2, 0.25) is 0 Å². The normalized spacial score (nSPS) is 11.2. The molecule has 2 nitrogen and oxygen atoms in total. The molecule has 0 saturated carbocycles. The summed E-state index contributed by atoms with van der Waals surface area (Å²) in [5, 5.41) is 8.47. The molecule has 0 aliphatic carbocycles. The highest BCUT2D eigenvalue weighted by molar-refractivity contribution is 5.12. The van der Waals surface area contributed by atoms with Crippen molar-refractivity contribution in [1.82, 2.24) is 4.90 Å². The van der Waals surface area contributed by atoms with Crippen LogP contribution in [0.1, 0.15) is 27.2 Å². The average Bonchev–Trinajstić information content (AvgIpc) is 2.11. The maximum Gasteiger partial charge on any atom is 0.0640 e. The standard InChI is InChI=1S/C11H18N2/c1-5-11(4)9-13(10(2)3)8-6-7-12/h5,9-10H,1,6,8H2,2-4H3/b11-9-. The van der Waals surface area contributed by atoms with E-state index < -0.39 is 0 Å². The van der Waals surface area contributed by atoms with Crippen LogP contribution < -0.4 is 0 Å². The van der Waals surface area contributed by atoms with Crippen molar-refractivity contribution in [3.63, 3.8) is 0 Å². The van der Waals surface area contributed by atoms with Gasteiger partial charge in [0.05, 0.1) is 12.5 Å². The first-order chi connectivity index (χ1) is 6.11. The van der Waals surface area contributed by atoms with Gasteiger partial charge in [0.2, 0.25) is 0 Å². The minimum absolute atomic E-state index is 0.434. The summed E-state index contributed by atoms with van der Waals surface area (Å²) in [6.07, 6.45) is 4.44. The molecule has 0 amide bonds. The fourth-order valence-corrected chi connectivity index (χ4v) is 0.965. The summed E-state index contributed by atoms with van der Waals surface area (Å²) in [6.45, 7) is 10.7. The smallest absolute Gasteiger partial charge is 0.0640 e. The summed E-state index contributed by atoms with van der Waals surface area (Å²) in [5.41, 5.74) is 1.13. The fraction of sp³-hybridized carbons (Fsp3) is 0.545. The first-order valence-electron chi connectivity index (χ1n) is 4.55. The van der Waals surface area contributed by atoms with Crippen molar-refractivity contribution in [3.8, 4) is 6.07 Å². The average molecular weight is 178 g/mol. The Labute approximate surface area is 81.2 Å². The Kier molecular flexibility index (Phi) is 5.71. The Morgan fingerprint density at radius 3 is 2.62 bits per heavy atom. The number of allylic oxidation sites excluding steroid dienone is 2. The van der Waals surface area contributed by atoms with Crippen LogP contribution in [0.25, 0.3) is 0 Å². The van der Waals surface area contributed by atoms with Crippen LogP contribution in [0, 0.1) is 11.3 Å². The molecule has 0 rings (SSSR count). The lowest BCUT2D eigenvalue weighted by Crippen LogP contribution is -2.26. The van der Waals surface area contributed by atoms with Gasteiger partial charge in [-0.3, -0.25) is 0 Å². The molecule has 0 aliphatic rings. The molecule has 72 valence electrons. The van der Waals surface area contributed by atoms with Gasteiger partial charge >= 0.3 is 0 Å². The Bertz CT molecular complexity index is 221. The lowest BCUT2D eigenvalue weighted by molar-refractivity contribution is 0.316. The molecule has 0 atom stereocenters. The maximum absolute atomic E-state index is 8.47. The molecule has 0 N–H and O–H groups in total. The Morgan fingerprint density at radius 1 is 1.62 bits per heavy atom. The quantitative estimate of drug-likeness (QED) is 0.605. The van der Waals surface area contributed by atoms with Gasteiger partial charge in [0.15, 0.2) is 0 Å². The minimum atomic E-state index is 0.434. The second-order valence-electron chi connectivity index (χ2n) is 3.32. The predicted molar refractivity (Wildman–Crippen MR) is 56.0 cm³/mol. The van der Waals surface area contributed by atoms with E-state index >= 15 is 0 Å². The third-order valence-electron chi connectivity index (χ3n) is 1.84. The van der Waals surface area contributed by atoms with E-state index in [1.807, 2.05) is 13.0 Å². The molecule has 0 spiro atoms. The molecule has 0 radical (unpaired) electrons. The largest absolute Gasteiger partial charge is 0.374 e. The van der Waals surface area contributed by atoms with E-state index in [1.54, 1.807) is 0 Å². The number of hydrogen-bond acceptors (Lipinski definition) is 2. The SMILES string of the molecule is C=C/C(C)=C\N(CCC#N)C(C)C. The van der Waals surface area contributed by atoms with E-state index in [-0.39, 0.29) is 0 Å². The molecular formula is C11H18N2. The van der Waals surface area contributed by atoms with Crippen LogP contribution in [0.4, 0.5) is 0 Å². The van der Waals surface area contributed by atoms with Gasteiger partial charge in [0.1, 0.15) is 0 Å². The van der Waals surface area contributed by atoms with Crippen molar-refractivity contribution < 1.29 is 0 Å². The zero-order valence-electron chi connectivity index (χ0n) is 8.75. The van der Waals surface area contributed by atoms with E-state index in [0.717, 1.165) is 12.1 Å². The van der Waals surface area contributed by atoms with E-state index in [2.05, 4.69) is 37.6 Å². The molecule has 0 aromatic heterocycles. The summed E-state index contributed by atoms with van der Waals surface area (Å²) in [7, 11) is 0. The molecule has 0 aromatic rings. The minimum Gasteiger partial charge on any atom is -0.374 e.